The summed E-state index contributed by atoms with van der Waals surface area (Å²) in [5, 5.41) is 6.75. The molecule has 2 unspecified atom stereocenters. The number of fused-ring (bicyclic) bond motifs is 1. The minimum absolute atomic E-state index is 0. The maximum atomic E-state index is 6.00. The van der Waals surface area contributed by atoms with Gasteiger partial charge in [-0.1, -0.05) is 18.2 Å². The molecule has 26 heavy (non-hydrogen) atoms. The minimum Gasteiger partial charge on any atom is -0.373 e. The molecule has 2 aliphatic heterocycles. The predicted octanol–water partition coefficient (Wildman–Crippen LogP) is 2.82. The van der Waals surface area contributed by atoms with Crippen LogP contribution in [0.1, 0.15) is 19.8 Å². The van der Waals surface area contributed by atoms with Gasteiger partial charge in [0.15, 0.2) is 5.96 Å². The minimum atomic E-state index is 0. The van der Waals surface area contributed by atoms with E-state index in [9.17, 15) is 0 Å². The van der Waals surface area contributed by atoms with E-state index in [4.69, 9.17) is 9.73 Å². The highest BCUT2D eigenvalue weighted by Crippen LogP contribution is 2.22. The van der Waals surface area contributed by atoms with Crippen LogP contribution in [0.25, 0.3) is 0 Å². The van der Waals surface area contributed by atoms with Crippen LogP contribution in [0.2, 0.25) is 0 Å². The average Bonchev–Trinajstić information content (AvgIpc) is 3.12. The number of guanidine groups is 1. The van der Waals surface area contributed by atoms with Crippen molar-refractivity contribution in [2.45, 2.75) is 36.8 Å². The van der Waals surface area contributed by atoms with Gasteiger partial charge < -0.3 is 15.4 Å². The Labute approximate surface area is 178 Å². The molecule has 0 aliphatic carbocycles. The van der Waals surface area contributed by atoms with E-state index in [1.807, 2.05) is 11.8 Å². The summed E-state index contributed by atoms with van der Waals surface area (Å²) in [4.78, 5) is 8.61. The first-order chi connectivity index (χ1) is 12.3. The van der Waals surface area contributed by atoms with Gasteiger partial charge in [-0.05, 0) is 38.4 Å². The number of aliphatic imine (C=N–C) groups is 1. The number of hydrogen-bond acceptors (Lipinski definition) is 4. The Morgan fingerprint density at radius 2 is 2.15 bits per heavy atom. The monoisotopic (exact) mass is 490 g/mol. The Bertz CT molecular complexity index is 546. The van der Waals surface area contributed by atoms with Crippen LogP contribution in [-0.4, -0.2) is 68.1 Å². The van der Waals surface area contributed by atoms with Gasteiger partial charge in [0.1, 0.15) is 0 Å². The second-order valence-electron chi connectivity index (χ2n) is 6.55. The van der Waals surface area contributed by atoms with E-state index < -0.39 is 0 Å². The Kier molecular flexibility index (Phi) is 10.1. The van der Waals surface area contributed by atoms with E-state index in [1.165, 1.54) is 24.3 Å². The zero-order valence-electron chi connectivity index (χ0n) is 15.5. The Morgan fingerprint density at radius 1 is 1.31 bits per heavy atom. The van der Waals surface area contributed by atoms with Gasteiger partial charge in [0, 0.05) is 36.3 Å². The molecule has 0 saturated carbocycles. The van der Waals surface area contributed by atoms with Crippen LogP contribution in [0, 0.1) is 0 Å². The van der Waals surface area contributed by atoms with E-state index >= 15 is 0 Å². The SMILES string of the molecule is CCNC(=NCC1CN2CCCC2CO1)NCCSc1ccccc1.I. The van der Waals surface area contributed by atoms with Gasteiger partial charge in [-0.15, -0.1) is 35.7 Å². The highest BCUT2D eigenvalue weighted by molar-refractivity contribution is 14.0. The van der Waals surface area contributed by atoms with E-state index in [0.717, 1.165) is 44.5 Å². The zero-order valence-corrected chi connectivity index (χ0v) is 18.7. The van der Waals surface area contributed by atoms with Crippen LogP contribution >= 0.6 is 35.7 Å². The molecule has 0 spiro atoms. The largest absolute Gasteiger partial charge is 0.373 e. The third-order valence-electron chi connectivity index (χ3n) is 4.67. The van der Waals surface area contributed by atoms with Crippen molar-refractivity contribution in [2.24, 2.45) is 4.99 Å². The van der Waals surface area contributed by atoms with Crippen molar-refractivity contribution in [2.75, 3.05) is 45.1 Å². The van der Waals surface area contributed by atoms with Crippen LogP contribution in [0.5, 0.6) is 0 Å². The lowest BCUT2D eigenvalue weighted by Crippen LogP contribution is -2.47. The first-order valence-electron chi connectivity index (χ1n) is 9.41. The number of morpholine rings is 1. The number of ether oxygens (including phenoxy) is 1. The number of thioether (sulfide) groups is 1. The molecule has 0 bridgehead atoms. The third kappa shape index (κ3) is 6.90. The van der Waals surface area contributed by atoms with Gasteiger partial charge in [-0.25, -0.2) is 0 Å². The number of nitrogens with zero attached hydrogens (tertiary/aromatic N) is 2. The Morgan fingerprint density at radius 3 is 2.96 bits per heavy atom. The third-order valence-corrected chi connectivity index (χ3v) is 5.68. The molecule has 2 saturated heterocycles. The summed E-state index contributed by atoms with van der Waals surface area (Å²) >= 11 is 1.86. The molecule has 3 rings (SSSR count). The summed E-state index contributed by atoms with van der Waals surface area (Å²) in [6, 6.07) is 11.2. The quantitative estimate of drug-likeness (QED) is 0.203. The van der Waals surface area contributed by atoms with Gasteiger partial charge in [0.2, 0.25) is 0 Å². The Balaban J connectivity index is 0.00000243. The highest BCUT2D eigenvalue weighted by atomic mass is 127. The maximum Gasteiger partial charge on any atom is 0.191 e. The van der Waals surface area contributed by atoms with E-state index in [0.29, 0.717) is 6.04 Å². The second-order valence-corrected chi connectivity index (χ2v) is 7.72. The second kappa shape index (κ2) is 12.0. The first-order valence-corrected chi connectivity index (χ1v) is 10.4. The van der Waals surface area contributed by atoms with Gasteiger partial charge in [0.25, 0.3) is 0 Å². The van der Waals surface area contributed by atoms with Gasteiger partial charge >= 0.3 is 0 Å². The number of halogens is 1. The fourth-order valence-corrected chi connectivity index (χ4v) is 4.18. The molecule has 2 atom stereocenters. The van der Waals surface area contributed by atoms with Crippen molar-refractivity contribution in [3.05, 3.63) is 30.3 Å². The molecule has 0 aromatic heterocycles. The first kappa shape index (κ1) is 21.8. The lowest BCUT2D eigenvalue weighted by molar-refractivity contribution is -0.0432. The fraction of sp³-hybridized carbons (Fsp3) is 0.632. The molecule has 0 radical (unpaired) electrons. The number of hydrogen-bond donors (Lipinski definition) is 2. The zero-order chi connectivity index (χ0) is 17.3. The molecule has 2 heterocycles. The lowest BCUT2D eigenvalue weighted by Gasteiger charge is -2.34. The van der Waals surface area contributed by atoms with Gasteiger partial charge in [0.05, 0.1) is 19.3 Å². The van der Waals surface area contributed by atoms with Crippen molar-refractivity contribution in [3.8, 4) is 0 Å². The molecule has 2 fully saturated rings. The smallest absolute Gasteiger partial charge is 0.191 e. The summed E-state index contributed by atoms with van der Waals surface area (Å²) in [7, 11) is 0. The molecule has 146 valence electrons. The number of nitrogens with one attached hydrogen (secondary N) is 2. The molecule has 2 aliphatic rings. The summed E-state index contributed by atoms with van der Waals surface area (Å²) in [5.74, 6) is 1.91. The molecule has 1 aromatic rings. The maximum absolute atomic E-state index is 6.00. The summed E-state index contributed by atoms with van der Waals surface area (Å²) in [5.41, 5.74) is 0. The van der Waals surface area contributed by atoms with Gasteiger partial charge in [-0.3, -0.25) is 9.89 Å². The van der Waals surface area contributed by atoms with E-state index in [-0.39, 0.29) is 30.1 Å². The molecule has 1 aromatic carbocycles. The van der Waals surface area contributed by atoms with Crippen LogP contribution in [-0.2, 0) is 4.74 Å². The molecular formula is C19H31IN4OS. The standard InChI is InChI=1S/C19H30N4OS.HI/c1-2-20-19(21-10-12-25-18-8-4-3-5-9-18)22-13-17-14-23-11-6-7-16(23)15-24-17;/h3-5,8-9,16-17H,2,6-7,10-15H2,1H3,(H2,20,21,22);1H. The molecule has 2 N–H and O–H groups in total. The summed E-state index contributed by atoms with van der Waals surface area (Å²) < 4.78 is 6.00. The molecule has 0 amide bonds. The van der Waals surface area contributed by atoms with E-state index in [2.05, 4.69) is 52.8 Å². The fourth-order valence-electron chi connectivity index (χ4n) is 3.39. The summed E-state index contributed by atoms with van der Waals surface area (Å²) in [6.45, 7) is 7.72. The molecule has 5 nitrogen and oxygen atoms in total. The van der Waals surface area contributed by atoms with E-state index in [1.54, 1.807) is 0 Å². The predicted molar refractivity (Wildman–Crippen MR) is 121 cm³/mol. The highest BCUT2D eigenvalue weighted by Gasteiger charge is 2.31. The van der Waals surface area contributed by atoms with Crippen molar-refractivity contribution >= 4 is 41.7 Å². The normalized spacial score (nSPS) is 23.2. The topological polar surface area (TPSA) is 48.9 Å². The Hall–Kier alpha value is -0.510. The van der Waals surface area contributed by atoms with Crippen molar-refractivity contribution in [3.63, 3.8) is 0 Å². The number of rotatable bonds is 7. The average molecular weight is 490 g/mol. The molecule has 7 heteroatoms. The van der Waals surface area contributed by atoms with Gasteiger partial charge in [-0.2, -0.15) is 0 Å². The van der Waals surface area contributed by atoms with Crippen molar-refractivity contribution in [1.82, 2.24) is 15.5 Å². The van der Waals surface area contributed by atoms with Crippen LogP contribution in [0.4, 0.5) is 0 Å². The van der Waals surface area contributed by atoms with Crippen LogP contribution < -0.4 is 10.6 Å². The summed E-state index contributed by atoms with van der Waals surface area (Å²) in [6.07, 6.45) is 2.83. The lowest BCUT2D eigenvalue weighted by atomic mass is 10.2. The number of benzene rings is 1. The molecular weight excluding hydrogens is 459 g/mol. The van der Waals surface area contributed by atoms with Crippen molar-refractivity contribution in [1.29, 1.82) is 0 Å². The van der Waals surface area contributed by atoms with Crippen LogP contribution in [0.3, 0.4) is 0 Å². The van der Waals surface area contributed by atoms with Crippen molar-refractivity contribution < 1.29 is 4.74 Å². The van der Waals surface area contributed by atoms with Crippen LogP contribution in [0.15, 0.2) is 40.2 Å².